The second-order valence-electron chi connectivity index (χ2n) is 2.13. The molecule has 0 rings (SSSR count). The highest BCUT2D eigenvalue weighted by atomic mass is 19.4. The zero-order valence-corrected chi connectivity index (χ0v) is 6.19. The Morgan fingerprint density at radius 1 is 1.45 bits per heavy atom. The Labute approximate surface area is 63.0 Å². The number of ether oxygens (including phenoxy) is 1. The van der Waals surface area contributed by atoms with Crippen LogP contribution in [0.25, 0.3) is 0 Å². The van der Waals surface area contributed by atoms with Crippen molar-refractivity contribution >= 4 is 0 Å². The molecule has 0 amide bonds. The molecule has 0 aromatic rings. The van der Waals surface area contributed by atoms with Crippen LogP contribution in [0.1, 0.15) is 13.3 Å². The Kier molecular flexibility index (Phi) is 4.44. The summed E-state index contributed by atoms with van der Waals surface area (Å²) in [6.45, 7) is 0.735. The van der Waals surface area contributed by atoms with Crippen LogP contribution in [0, 0.1) is 0 Å². The Morgan fingerprint density at radius 3 is 2.36 bits per heavy atom. The first-order chi connectivity index (χ1) is 4.98. The van der Waals surface area contributed by atoms with E-state index in [1.807, 2.05) is 0 Å². The van der Waals surface area contributed by atoms with Gasteiger partial charge in [0.05, 0.1) is 0 Å². The molecule has 68 valence electrons. The molecule has 0 saturated heterocycles. The van der Waals surface area contributed by atoms with Crippen LogP contribution in [0.5, 0.6) is 0 Å². The van der Waals surface area contributed by atoms with E-state index in [-0.39, 0.29) is 19.6 Å². The van der Waals surface area contributed by atoms with Gasteiger partial charge in [-0.1, -0.05) is 0 Å². The van der Waals surface area contributed by atoms with Gasteiger partial charge >= 0.3 is 6.18 Å². The molecule has 2 nitrogen and oxygen atoms in total. The quantitative estimate of drug-likeness (QED) is 0.648. The molecule has 0 aliphatic rings. The third-order valence-electron chi connectivity index (χ3n) is 1.13. The highest BCUT2D eigenvalue weighted by Gasteiger charge is 2.36. The monoisotopic (exact) mass is 172 g/mol. The van der Waals surface area contributed by atoms with E-state index in [2.05, 4.69) is 4.74 Å². The normalized spacial score (nSPS) is 15.0. The summed E-state index contributed by atoms with van der Waals surface area (Å²) in [5, 5.41) is 8.22. The molecule has 1 atom stereocenters. The van der Waals surface area contributed by atoms with Crippen LogP contribution in [0.2, 0.25) is 0 Å². The fourth-order valence-corrected chi connectivity index (χ4v) is 0.419. The van der Waals surface area contributed by atoms with Crippen molar-refractivity contribution in [2.45, 2.75) is 25.6 Å². The molecule has 1 N–H and O–H groups in total. The molecule has 0 fully saturated rings. The fourth-order valence-electron chi connectivity index (χ4n) is 0.419. The van der Waals surface area contributed by atoms with Gasteiger partial charge in [0, 0.05) is 13.2 Å². The van der Waals surface area contributed by atoms with E-state index in [0.29, 0.717) is 0 Å². The van der Waals surface area contributed by atoms with Gasteiger partial charge in [-0.3, -0.25) is 0 Å². The molecule has 0 saturated carbocycles. The lowest BCUT2D eigenvalue weighted by Gasteiger charge is -2.15. The van der Waals surface area contributed by atoms with E-state index in [1.54, 1.807) is 0 Å². The van der Waals surface area contributed by atoms with Crippen molar-refractivity contribution in [3.63, 3.8) is 0 Å². The van der Waals surface area contributed by atoms with Crippen molar-refractivity contribution in [1.29, 1.82) is 0 Å². The molecular formula is C6H11F3O2. The van der Waals surface area contributed by atoms with E-state index in [0.717, 1.165) is 6.92 Å². The molecule has 0 aromatic carbocycles. The SMILES string of the molecule is CC(OCCCO)C(F)(F)F. The van der Waals surface area contributed by atoms with Gasteiger partial charge in [-0.25, -0.2) is 0 Å². The molecule has 11 heavy (non-hydrogen) atoms. The van der Waals surface area contributed by atoms with Crippen LogP contribution >= 0.6 is 0 Å². The number of hydrogen-bond donors (Lipinski definition) is 1. The van der Waals surface area contributed by atoms with Crippen molar-refractivity contribution in [2.24, 2.45) is 0 Å². The molecule has 0 spiro atoms. The minimum absolute atomic E-state index is 0.0584. The molecule has 1 unspecified atom stereocenters. The number of aliphatic hydroxyl groups excluding tert-OH is 1. The van der Waals surface area contributed by atoms with E-state index in [4.69, 9.17) is 5.11 Å². The van der Waals surface area contributed by atoms with E-state index in [9.17, 15) is 13.2 Å². The lowest BCUT2D eigenvalue weighted by molar-refractivity contribution is -0.214. The zero-order valence-electron chi connectivity index (χ0n) is 6.19. The molecule has 0 aliphatic heterocycles. The van der Waals surface area contributed by atoms with E-state index < -0.39 is 12.3 Å². The van der Waals surface area contributed by atoms with Crippen LogP contribution in [-0.2, 0) is 4.74 Å². The van der Waals surface area contributed by atoms with Gasteiger partial charge in [0.25, 0.3) is 0 Å². The largest absolute Gasteiger partial charge is 0.414 e. The van der Waals surface area contributed by atoms with Gasteiger partial charge in [0.1, 0.15) is 0 Å². The minimum atomic E-state index is -4.30. The summed E-state index contributed by atoms with van der Waals surface area (Å²) in [5.74, 6) is 0. The number of rotatable bonds is 4. The maximum absolute atomic E-state index is 11.7. The van der Waals surface area contributed by atoms with Crippen molar-refractivity contribution in [2.75, 3.05) is 13.2 Å². The van der Waals surface area contributed by atoms with Crippen LogP contribution in [0.4, 0.5) is 13.2 Å². The second kappa shape index (κ2) is 4.56. The molecule has 0 heterocycles. The molecule has 5 heteroatoms. The lowest BCUT2D eigenvalue weighted by atomic mass is 10.4. The predicted molar refractivity (Wildman–Crippen MR) is 33.2 cm³/mol. The number of aliphatic hydroxyl groups is 1. The molecule has 0 radical (unpaired) electrons. The standard InChI is InChI=1S/C6H11F3O2/c1-5(6(7,8)9)11-4-2-3-10/h5,10H,2-4H2,1H3. The first kappa shape index (κ1) is 10.7. The van der Waals surface area contributed by atoms with Gasteiger partial charge < -0.3 is 9.84 Å². The number of alkyl halides is 3. The summed E-state index contributed by atoms with van der Waals surface area (Å²) >= 11 is 0. The Morgan fingerprint density at radius 2 is 2.00 bits per heavy atom. The van der Waals surface area contributed by atoms with Crippen LogP contribution in [-0.4, -0.2) is 30.6 Å². The second-order valence-corrected chi connectivity index (χ2v) is 2.13. The summed E-state index contributed by atoms with van der Waals surface area (Å²) in [6, 6.07) is 0. The topological polar surface area (TPSA) is 29.5 Å². The lowest BCUT2D eigenvalue weighted by Crippen LogP contribution is -2.28. The van der Waals surface area contributed by atoms with E-state index >= 15 is 0 Å². The zero-order chi connectivity index (χ0) is 8.91. The highest BCUT2D eigenvalue weighted by molar-refractivity contribution is 4.59. The molecule has 0 aromatic heterocycles. The maximum Gasteiger partial charge on any atom is 0.414 e. The average Bonchev–Trinajstić information content (AvgIpc) is 1.86. The Hall–Kier alpha value is -0.290. The smallest absolute Gasteiger partial charge is 0.396 e. The first-order valence-electron chi connectivity index (χ1n) is 3.27. The minimum Gasteiger partial charge on any atom is -0.396 e. The summed E-state index contributed by atoms with van der Waals surface area (Å²) < 4.78 is 39.4. The van der Waals surface area contributed by atoms with Crippen LogP contribution in [0.15, 0.2) is 0 Å². The van der Waals surface area contributed by atoms with Crippen molar-refractivity contribution in [3.05, 3.63) is 0 Å². The predicted octanol–water partition coefficient (Wildman–Crippen LogP) is 1.34. The summed E-state index contributed by atoms with van der Waals surface area (Å²) in [5.41, 5.74) is 0. The van der Waals surface area contributed by atoms with Gasteiger partial charge in [-0.2, -0.15) is 13.2 Å². The summed E-state index contributed by atoms with van der Waals surface area (Å²) in [7, 11) is 0. The highest BCUT2D eigenvalue weighted by Crippen LogP contribution is 2.22. The molecule has 0 bridgehead atoms. The van der Waals surface area contributed by atoms with Gasteiger partial charge in [-0.15, -0.1) is 0 Å². The average molecular weight is 172 g/mol. The van der Waals surface area contributed by atoms with Gasteiger partial charge in [0.2, 0.25) is 0 Å². The maximum atomic E-state index is 11.7. The third kappa shape index (κ3) is 5.03. The van der Waals surface area contributed by atoms with Crippen molar-refractivity contribution < 1.29 is 23.0 Å². The van der Waals surface area contributed by atoms with Crippen LogP contribution in [0.3, 0.4) is 0 Å². The molecular weight excluding hydrogens is 161 g/mol. The van der Waals surface area contributed by atoms with Crippen molar-refractivity contribution in [1.82, 2.24) is 0 Å². The fraction of sp³-hybridized carbons (Fsp3) is 1.00. The number of hydrogen-bond acceptors (Lipinski definition) is 2. The molecule has 0 aliphatic carbocycles. The van der Waals surface area contributed by atoms with Gasteiger partial charge in [-0.05, 0) is 13.3 Å². The van der Waals surface area contributed by atoms with Crippen molar-refractivity contribution in [3.8, 4) is 0 Å². The Bertz CT molecular complexity index is 102. The third-order valence-corrected chi connectivity index (χ3v) is 1.13. The summed E-state index contributed by atoms with van der Waals surface area (Å²) in [6.07, 6.45) is -5.80. The van der Waals surface area contributed by atoms with Gasteiger partial charge in [0.15, 0.2) is 6.10 Å². The van der Waals surface area contributed by atoms with Crippen LogP contribution < -0.4 is 0 Å². The number of halogens is 3. The summed E-state index contributed by atoms with van der Waals surface area (Å²) in [4.78, 5) is 0. The Balaban J connectivity index is 3.44. The van der Waals surface area contributed by atoms with E-state index in [1.165, 1.54) is 0 Å². The first-order valence-corrected chi connectivity index (χ1v) is 3.27.